The van der Waals surface area contributed by atoms with E-state index in [-0.39, 0.29) is 16.8 Å². The highest BCUT2D eigenvalue weighted by atomic mass is 32.2. The molecule has 1 aromatic heterocycles. The molecule has 0 unspecified atom stereocenters. The van der Waals surface area contributed by atoms with Crippen LogP contribution < -0.4 is 0 Å². The lowest BCUT2D eigenvalue weighted by Crippen LogP contribution is -2.29. The normalized spacial score (nSPS) is 15.4. The number of carbonyl (C=O) groups excluding carboxylic acids is 1. The van der Waals surface area contributed by atoms with Crippen molar-refractivity contribution in [1.82, 2.24) is 9.88 Å². The minimum Gasteiger partial charge on any atom is -0.358 e. The molecule has 0 radical (unpaired) electrons. The number of aryl methyl sites for hydroxylation is 2. The number of fused-ring (bicyclic) bond motifs is 3. The molecule has 1 N–H and O–H groups in total. The number of amides is 1. The molecule has 0 saturated carbocycles. The van der Waals surface area contributed by atoms with Gasteiger partial charge in [-0.15, -0.1) is 0 Å². The first-order valence-corrected chi connectivity index (χ1v) is 12.4. The Morgan fingerprint density at radius 1 is 1.03 bits per heavy atom. The predicted molar refractivity (Wildman–Crippen MR) is 120 cm³/mol. The summed E-state index contributed by atoms with van der Waals surface area (Å²) in [6.45, 7) is 1.95. The number of H-pyrrole nitrogens is 1. The van der Waals surface area contributed by atoms with Gasteiger partial charge in [0.25, 0.3) is 5.91 Å². The van der Waals surface area contributed by atoms with Crippen LogP contribution in [0.3, 0.4) is 0 Å². The Labute approximate surface area is 178 Å². The molecule has 1 amide bonds. The van der Waals surface area contributed by atoms with E-state index in [9.17, 15) is 13.2 Å². The molecule has 1 heterocycles. The van der Waals surface area contributed by atoms with Crippen molar-refractivity contribution in [3.63, 3.8) is 0 Å². The van der Waals surface area contributed by atoms with Gasteiger partial charge in [-0.3, -0.25) is 4.79 Å². The molecule has 3 aromatic rings. The third kappa shape index (κ3) is 3.88. The lowest BCUT2D eigenvalue weighted by molar-refractivity contribution is 0.0742. The van der Waals surface area contributed by atoms with E-state index in [0.717, 1.165) is 29.3 Å². The molecule has 158 valence electrons. The number of hydrogen-bond donors (Lipinski definition) is 1. The fraction of sp³-hybridized carbons (Fsp3) is 0.375. The molecular formula is C24H28N2O3S. The number of carbonyl (C=O) groups is 1. The molecule has 2 aromatic carbocycles. The topological polar surface area (TPSA) is 70.2 Å². The highest BCUT2D eigenvalue weighted by molar-refractivity contribution is 7.90. The molecule has 0 aliphatic heterocycles. The van der Waals surface area contributed by atoms with Crippen molar-refractivity contribution < 1.29 is 13.2 Å². The average Bonchev–Trinajstić information content (AvgIpc) is 2.91. The van der Waals surface area contributed by atoms with Crippen LogP contribution in [0.4, 0.5) is 0 Å². The minimum absolute atomic E-state index is 0.0415. The number of hydrogen-bond acceptors (Lipinski definition) is 3. The maximum absolute atomic E-state index is 13.2. The zero-order valence-electron chi connectivity index (χ0n) is 17.7. The van der Waals surface area contributed by atoms with Crippen molar-refractivity contribution >= 4 is 26.6 Å². The molecule has 0 spiro atoms. The van der Waals surface area contributed by atoms with E-state index in [1.165, 1.54) is 36.8 Å². The summed E-state index contributed by atoms with van der Waals surface area (Å²) in [5, 5.41) is 1.16. The van der Waals surface area contributed by atoms with Gasteiger partial charge in [0.2, 0.25) is 0 Å². The molecule has 4 rings (SSSR count). The molecule has 0 fully saturated rings. The van der Waals surface area contributed by atoms with E-state index < -0.39 is 9.84 Å². The molecule has 0 saturated heterocycles. The van der Waals surface area contributed by atoms with Crippen LogP contribution >= 0.6 is 0 Å². The summed E-state index contributed by atoms with van der Waals surface area (Å²) in [6.07, 6.45) is 6.99. The van der Waals surface area contributed by atoms with Gasteiger partial charge < -0.3 is 9.88 Å². The van der Waals surface area contributed by atoms with Gasteiger partial charge in [-0.2, -0.15) is 0 Å². The molecule has 1 aliphatic rings. The summed E-state index contributed by atoms with van der Waals surface area (Å²) in [4.78, 5) is 18.7. The predicted octanol–water partition coefficient (Wildman–Crippen LogP) is 4.67. The maximum atomic E-state index is 13.2. The van der Waals surface area contributed by atoms with E-state index in [1.54, 1.807) is 36.2 Å². The van der Waals surface area contributed by atoms with Gasteiger partial charge in [0.05, 0.1) is 10.9 Å². The fourth-order valence-corrected chi connectivity index (χ4v) is 4.94. The van der Waals surface area contributed by atoms with Gasteiger partial charge in [0, 0.05) is 35.5 Å². The molecule has 0 bridgehead atoms. The lowest BCUT2D eigenvalue weighted by Gasteiger charge is -2.25. The van der Waals surface area contributed by atoms with Crippen LogP contribution in [-0.2, 0) is 22.7 Å². The highest BCUT2D eigenvalue weighted by Crippen LogP contribution is 2.30. The third-order valence-corrected chi connectivity index (χ3v) is 7.42. The van der Waals surface area contributed by atoms with Crippen LogP contribution in [0.15, 0.2) is 47.4 Å². The monoisotopic (exact) mass is 424 g/mol. The second-order valence-electron chi connectivity index (χ2n) is 8.34. The van der Waals surface area contributed by atoms with Gasteiger partial charge in [-0.05, 0) is 74.1 Å². The van der Waals surface area contributed by atoms with Gasteiger partial charge in [0.1, 0.15) is 0 Å². The van der Waals surface area contributed by atoms with Crippen LogP contribution in [0.5, 0.6) is 0 Å². The Kier molecular flexibility index (Phi) is 5.45. The fourth-order valence-electron chi connectivity index (χ4n) is 4.31. The van der Waals surface area contributed by atoms with E-state index >= 15 is 0 Å². The summed E-state index contributed by atoms with van der Waals surface area (Å²) in [7, 11) is -1.44. The lowest BCUT2D eigenvalue weighted by atomic mass is 10.0. The van der Waals surface area contributed by atoms with Crippen molar-refractivity contribution in [1.29, 1.82) is 0 Å². The van der Waals surface area contributed by atoms with E-state index in [4.69, 9.17) is 0 Å². The van der Waals surface area contributed by atoms with Crippen LogP contribution in [0.25, 0.3) is 10.9 Å². The van der Waals surface area contributed by atoms with Gasteiger partial charge in [-0.1, -0.05) is 18.6 Å². The summed E-state index contributed by atoms with van der Waals surface area (Å²) in [6, 6.07) is 12.5. The Balaban J connectivity index is 1.60. The van der Waals surface area contributed by atoms with E-state index in [0.29, 0.717) is 5.56 Å². The smallest absolute Gasteiger partial charge is 0.254 e. The second kappa shape index (κ2) is 7.91. The average molecular weight is 425 g/mol. The van der Waals surface area contributed by atoms with Crippen LogP contribution in [0.1, 0.15) is 59.4 Å². The number of nitrogens with one attached hydrogen (secondary N) is 1. The molecule has 1 aliphatic carbocycles. The van der Waals surface area contributed by atoms with E-state index in [2.05, 4.69) is 4.98 Å². The number of aromatic nitrogens is 1. The number of sulfone groups is 1. The molecule has 1 atom stereocenters. The largest absolute Gasteiger partial charge is 0.358 e. The standard InChI is InChI=1S/C24H28N2O3S/c1-16(17-9-12-19(13-10-17)30(3,28)29)26(2)24(27)18-11-14-23-21(15-18)20-7-5-4-6-8-22(20)25-23/h9-16,25H,4-8H2,1-3H3/t16-/m0/s1. The molecule has 5 nitrogen and oxygen atoms in total. The van der Waals surface area contributed by atoms with Crippen molar-refractivity contribution in [2.75, 3.05) is 13.3 Å². The Hall–Kier alpha value is -2.60. The van der Waals surface area contributed by atoms with Crippen LogP contribution in [0, 0.1) is 0 Å². The van der Waals surface area contributed by atoms with Gasteiger partial charge in [-0.25, -0.2) is 8.42 Å². The Morgan fingerprint density at radius 2 is 1.73 bits per heavy atom. The Bertz CT molecular complexity index is 1190. The van der Waals surface area contributed by atoms with Crippen LogP contribution in [-0.4, -0.2) is 37.5 Å². The van der Waals surface area contributed by atoms with Crippen molar-refractivity contribution in [2.24, 2.45) is 0 Å². The summed E-state index contributed by atoms with van der Waals surface area (Å²) >= 11 is 0. The van der Waals surface area contributed by atoms with Crippen molar-refractivity contribution in [2.45, 2.75) is 50.0 Å². The second-order valence-corrected chi connectivity index (χ2v) is 10.4. The van der Waals surface area contributed by atoms with Gasteiger partial charge >= 0.3 is 0 Å². The number of benzene rings is 2. The quantitative estimate of drug-likeness (QED) is 0.619. The summed E-state index contributed by atoms with van der Waals surface area (Å²) < 4.78 is 23.4. The maximum Gasteiger partial charge on any atom is 0.254 e. The first-order chi connectivity index (χ1) is 14.3. The summed E-state index contributed by atoms with van der Waals surface area (Å²) in [5.74, 6) is -0.0415. The van der Waals surface area contributed by atoms with Crippen molar-refractivity contribution in [3.8, 4) is 0 Å². The van der Waals surface area contributed by atoms with Gasteiger partial charge in [0.15, 0.2) is 9.84 Å². The summed E-state index contributed by atoms with van der Waals surface area (Å²) in [5.41, 5.74) is 5.36. The molecular weight excluding hydrogens is 396 g/mol. The first kappa shape index (κ1) is 20.7. The number of aromatic amines is 1. The minimum atomic E-state index is -3.23. The first-order valence-electron chi connectivity index (χ1n) is 10.5. The number of nitrogens with zero attached hydrogens (tertiary/aromatic N) is 1. The molecule has 30 heavy (non-hydrogen) atoms. The Morgan fingerprint density at radius 3 is 2.43 bits per heavy atom. The zero-order chi connectivity index (χ0) is 21.5. The van der Waals surface area contributed by atoms with Crippen molar-refractivity contribution in [3.05, 3.63) is 64.8 Å². The highest BCUT2D eigenvalue weighted by Gasteiger charge is 2.21. The molecule has 6 heteroatoms. The van der Waals surface area contributed by atoms with E-state index in [1.807, 2.05) is 25.1 Å². The number of rotatable bonds is 4. The third-order valence-electron chi connectivity index (χ3n) is 6.29. The zero-order valence-corrected chi connectivity index (χ0v) is 18.6. The van der Waals surface area contributed by atoms with Crippen LogP contribution in [0.2, 0.25) is 0 Å². The SMILES string of the molecule is C[C@@H](c1ccc(S(C)(=O)=O)cc1)N(C)C(=O)c1ccc2[nH]c3c(c2c1)CCCCC3.